The van der Waals surface area contributed by atoms with Crippen LogP contribution in [0.2, 0.25) is 0 Å². The van der Waals surface area contributed by atoms with Crippen LogP contribution in [0.4, 0.5) is 0 Å². The third-order valence-corrected chi connectivity index (χ3v) is 2.81. The molecule has 2 unspecified atom stereocenters. The second kappa shape index (κ2) is 4.77. The fourth-order valence-corrected chi connectivity index (χ4v) is 2.12. The fraction of sp³-hybridized carbons (Fsp3) is 0.571. The summed E-state index contributed by atoms with van der Waals surface area (Å²) in [6.45, 7) is 6.14. The molecule has 17 heavy (non-hydrogen) atoms. The van der Waals surface area contributed by atoms with Gasteiger partial charge in [-0.15, -0.1) is 0 Å². The maximum absolute atomic E-state index is 5.86. The van der Waals surface area contributed by atoms with Gasteiger partial charge in [-0.25, -0.2) is 0 Å². The van der Waals surface area contributed by atoms with Gasteiger partial charge in [0.2, 0.25) is 0 Å². The van der Waals surface area contributed by atoms with Crippen LogP contribution in [-0.2, 0) is 9.57 Å². The quantitative estimate of drug-likeness (QED) is 0.786. The van der Waals surface area contributed by atoms with Gasteiger partial charge in [0.15, 0.2) is 6.29 Å². The van der Waals surface area contributed by atoms with E-state index in [-0.39, 0.29) is 17.9 Å². The highest BCUT2D eigenvalue weighted by molar-refractivity contribution is 5.19. The molecule has 1 aliphatic heterocycles. The first-order chi connectivity index (χ1) is 7.96. The van der Waals surface area contributed by atoms with Crippen molar-refractivity contribution in [3.05, 3.63) is 35.9 Å². The van der Waals surface area contributed by atoms with Crippen molar-refractivity contribution in [2.45, 2.75) is 45.1 Å². The van der Waals surface area contributed by atoms with Crippen molar-refractivity contribution in [3.63, 3.8) is 0 Å². The highest BCUT2D eigenvalue weighted by Crippen LogP contribution is 2.34. The van der Waals surface area contributed by atoms with Gasteiger partial charge in [0.05, 0.1) is 11.6 Å². The Bertz CT molecular complexity index is 358. The van der Waals surface area contributed by atoms with Crippen molar-refractivity contribution in [1.82, 2.24) is 5.06 Å². The zero-order valence-corrected chi connectivity index (χ0v) is 11.0. The van der Waals surface area contributed by atoms with E-state index in [2.05, 4.69) is 24.3 Å². The molecule has 3 heteroatoms. The van der Waals surface area contributed by atoms with Crippen molar-refractivity contribution in [3.8, 4) is 0 Å². The molecular formula is C14H21NO2. The first-order valence-corrected chi connectivity index (χ1v) is 6.08. The summed E-state index contributed by atoms with van der Waals surface area (Å²) in [5.41, 5.74) is 1.10. The molecule has 0 aliphatic carbocycles. The van der Waals surface area contributed by atoms with Crippen molar-refractivity contribution < 1.29 is 9.57 Å². The predicted octanol–water partition coefficient (Wildman–Crippen LogP) is 3.14. The molecule has 1 saturated heterocycles. The van der Waals surface area contributed by atoms with Crippen molar-refractivity contribution in [2.75, 3.05) is 7.05 Å². The predicted molar refractivity (Wildman–Crippen MR) is 67.3 cm³/mol. The Balaban J connectivity index is 2.03. The minimum Gasteiger partial charge on any atom is -0.345 e. The van der Waals surface area contributed by atoms with Crippen LogP contribution in [0.1, 0.15) is 38.8 Å². The number of nitrogens with zero attached hydrogens (tertiary/aromatic N) is 1. The van der Waals surface area contributed by atoms with Gasteiger partial charge in [-0.05, 0) is 26.3 Å². The van der Waals surface area contributed by atoms with Gasteiger partial charge in [0, 0.05) is 13.5 Å². The van der Waals surface area contributed by atoms with E-state index in [9.17, 15) is 0 Å². The molecule has 0 amide bonds. The van der Waals surface area contributed by atoms with E-state index < -0.39 is 0 Å². The monoisotopic (exact) mass is 235 g/mol. The average molecular weight is 235 g/mol. The van der Waals surface area contributed by atoms with E-state index in [4.69, 9.17) is 9.57 Å². The molecule has 0 spiro atoms. The van der Waals surface area contributed by atoms with Gasteiger partial charge < -0.3 is 4.74 Å². The summed E-state index contributed by atoms with van der Waals surface area (Å²) >= 11 is 0. The van der Waals surface area contributed by atoms with E-state index in [0.717, 1.165) is 6.42 Å². The van der Waals surface area contributed by atoms with Crippen LogP contribution in [0.5, 0.6) is 0 Å². The zero-order valence-electron chi connectivity index (χ0n) is 11.0. The van der Waals surface area contributed by atoms with Crippen LogP contribution < -0.4 is 0 Å². The van der Waals surface area contributed by atoms with Crippen molar-refractivity contribution in [1.29, 1.82) is 0 Å². The molecular weight excluding hydrogens is 214 g/mol. The molecule has 3 nitrogen and oxygen atoms in total. The lowest BCUT2D eigenvalue weighted by Gasteiger charge is -2.23. The molecule has 0 radical (unpaired) electrons. The Morgan fingerprint density at radius 2 is 1.88 bits per heavy atom. The van der Waals surface area contributed by atoms with Gasteiger partial charge in [0.1, 0.15) is 0 Å². The van der Waals surface area contributed by atoms with Crippen LogP contribution in [0, 0.1) is 0 Å². The van der Waals surface area contributed by atoms with Crippen LogP contribution >= 0.6 is 0 Å². The average Bonchev–Trinajstić information content (AvgIpc) is 2.58. The molecule has 0 saturated carbocycles. The van der Waals surface area contributed by atoms with Gasteiger partial charge in [-0.3, -0.25) is 4.84 Å². The standard InChI is InChI=1S/C14H21NO2/c1-14(2,3)16-13-10-12(15(4)17-13)11-8-6-5-7-9-11/h5-9,12-13H,10H2,1-4H3. The lowest BCUT2D eigenvalue weighted by atomic mass is 10.0. The molecule has 2 atom stereocenters. The summed E-state index contributed by atoms with van der Waals surface area (Å²) in [7, 11) is 1.96. The van der Waals surface area contributed by atoms with E-state index in [1.54, 1.807) is 0 Å². The van der Waals surface area contributed by atoms with E-state index >= 15 is 0 Å². The first kappa shape index (κ1) is 12.6. The Morgan fingerprint density at radius 3 is 2.47 bits per heavy atom. The minimum atomic E-state index is -0.170. The topological polar surface area (TPSA) is 21.7 Å². The van der Waals surface area contributed by atoms with Crippen LogP contribution in [-0.4, -0.2) is 24.0 Å². The normalized spacial score (nSPS) is 26.4. The Morgan fingerprint density at radius 1 is 1.24 bits per heavy atom. The highest BCUT2D eigenvalue weighted by Gasteiger charge is 2.34. The number of hydroxylamine groups is 2. The van der Waals surface area contributed by atoms with Crippen LogP contribution in [0.3, 0.4) is 0 Å². The van der Waals surface area contributed by atoms with Crippen LogP contribution in [0.15, 0.2) is 30.3 Å². The molecule has 0 aromatic heterocycles. The molecule has 2 rings (SSSR count). The van der Waals surface area contributed by atoms with Gasteiger partial charge in [0.25, 0.3) is 0 Å². The van der Waals surface area contributed by atoms with Crippen molar-refractivity contribution in [2.24, 2.45) is 0 Å². The molecule has 0 bridgehead atoms. The summed E-state index contributed by atoms with van der Waals surface area (Å²) in [5.74, 6) is 0. The Kier molecular flexibility index (Phi) is 3.52. The largest absolute Gasteiger partial charge is 0.345 e. The SMILES string of the molecule is CN1OC(OC(C)(C)C)CC1c1ccccc1. The Hall–Kier alpha value is -0.900. The summed E-state index contributed by atoms with van der Waals surface area (Å²) in [6.07, 6.45) is 0.725. The number of benzene rings is 1. The Labute approximate surface area is 103 Å². The number of hydrogen-bond donors (Lipinski definition) is 0. The number of rotatable bonds is 2. The van der Waals surface area contributed by atoms with Crippen LogP contribution in [0.25, 0.3) is 0 Å². The number of hydrogen-bond acceptors (Lipinski definition) is 3. The van der Waals surface area contributed by atoms with Gasteiger partial charge >= 0.3 is 0 Å². The third kappa shape index (κ3) is 3.28. The third-order valence-electron chi connectivity index (χ3n) is 2.81. The van der Waals surface area contributed by atoms with Crippen molar-refractivity contribution >= 4 is 0 Å². The zero-order chi connectivity index (χ0) is 12.5. The highest BCUT2D eigenvalue weighted by atomic mass is 16.8. The fourth-order valence-electron chi connectivity index (χ4n) is 2.12. The lowest BCUT2D eigenvalue weighted by Crippen LogP contribution is -2.27. The second-order valence-corrected chi connectivity index (χ2v) is 5.47. The van der Waals surface area contributed by atoms with Gasteiger partial charge in [-0.2, -0.15) is 5.06 Å². The van der Waals surface area contributed by atoms with Gasteiger partial charge in [-0.1, -0.05) is 30.3 Å². The molecule has 1 aromatic rings. The summed E-state index contributed by atoms with van der Waals surface area (Å²) in [6, 6.07) is 10.7. The first-order valence-electron chi connectivity index (χ1n) is 6.08. The number of ether oxygens (including phenoxy) is 1. The van der Waals surface area contributed by atoms with E-state index in [0.29, 0.717) is 0 Å². The maximum atomic E-state index is 5.86. The van der Waals surface area contributed by atoms with E-state index in [1.165, 1.54) is 5.56 Å². The summed E-state index contributed by atoms with van der Waals surface area (Å²) < 4.78 is 5.86. The molecule has 1 aliphatic rings. The molecule has 0 N–H and O–H groups in total. The molecule has 94 valence electrons. The maximum Gasteiger partial charge on any atom is 0.180 e. The lowest BCUT2D eigenvalue weighted by molar-refractivity contribution is -0.256. The minimum absolute atomic E-state index is 0.148. The molecule has 1 aromatic carbocycles. The van der Waals surface area contributed by atoms with E-state index in [1.807, 2.05) is 38.9 Å². The summed E-state index contributed by atoms with van der Waals surface area (Å²) in [5, 5.41) is 1.89. The molecule has 1 heterocycles. The molecule has 1 fully saturated rings. The smallest absolute Gasteiger partial charge is 0.180 e. The second-order valence-electron chi connectivity index (χ2n) is 5.47. The summed E-state index contributed by atoms with van der Waals surface area (Å²) in [4.78, 5) is 5.72.